The van der Waals surface area contributed by atoms with E-state index in [-0.39, 0.29) is 47.0 Å². The SMILES string of the molecule is CC(=O)NC1CC(C)(C)[NH+](O)C(C)(C)C1.O=S(=O)([O-])O.[I-]. The second kappa shape index (κ2) is 8.02. The van der Waals surface area contributed by atoms with E-state index >= 15 is 0 Å². The van der Waals surface area contributed by atoms with Crippen molar-refractivity contribution in [2.24, 2.45) is 0 Å². The molecule has 128 valence electrons. The van der Waals surface area contributed by atoms with E-state index < -0.39 is 10.4 Å². The molecule has 8 nitrogen and oxygen atoms in total. The highest BCUT2D eigenvalue weighted by Gasteiger charge is 2.49. The van der Waals surface area contributed by atoms with Gasteiger partial charge in [-0.2, -0.15) is 5.06 Å². The Balaban J connectivity index is 0. The van der Waals surface area contributed by atoms with Gasteiger partial charge in [0.25, 0.3) is 0 Å². The lowest BCUT2D eigenvalue weighted by atomic mass is 9.79. The average Bonchev–Trinajstić information content (AvgIpc) is 2.08. The molecular weight excluding hydrogens is 415 g/mol. The Morgan fingerprint density at radius 3 is 1.76 bits per heavy atom. The van der Waals surface area contributed by atoms with E-state index in [0.717, 1.165) is 12.8 Å². The maximum absolute atomic E-state index is 11.0. The van der Waals surface area contributed by atoms with E-state index in [0.29, 0.717) is 5.06 Å². The number of hydrogen-bond acceptors (Lipinski definition) is 5. The van der Waals surface area contributed by atoms with Gasteiger partial charge in [0.15, 0.2) is 0 Å². The van der Waals surface area contributed by atoms with Crippen LogP contribution in [0.3, 0.4) is 0 Å². The molecule has 1 rings (SSSR count). The number of carbonyl (C=O) groups is 1. The first-order valence-electron chi connectivity index (χ1n) is 6.17. The third-order valence-electron chi connectivity index (χ3n) is 3.20. The van der Waals surface area contributed by atoms with Crippen LogP contribution in [0.5, 0.6) is 0 Å². The first kappa shape index (κ1) is 23.3. The summed E-state index contributed by atoms with van der Waals surface area (Å²) in [6.45, 7) is 9.64. The zero-order valence-electron chi connectivity index (χ0n) is 12.8. The van der Waals surface area contributed by atoms with Crippen molar-refractivity contribution in [2.45, 2.75) is 64.6 Å². The molecule has 4 N–H and O–H groups in total. The summed E-state index contributed by atoms with van der Waals surface area (Å²) in [6, 6.07) is 0.170. The predicted octanol–water partition coefficient (Wildman–Crippen LogP) is -3.88. The van der Waals surface area contributed by atoms with Gasteiger partial charge in [0.05, 0.1) is 0 Å². The first-order chi connectivity index (χ1) is 8.65. The zero-order chi connectivity index (χ0) is 16.4. The van der Waals surface area contributed by atoms with Crippen LogP contribution in [0.15, 0.2) is 0 Å². The summed E-state index contributed by atoms with van der Waals surface area (Å²) in [5.41, 5.74) is -0.427. The summed E-state index contributed by atoms with van der Waals surface area (Å²) < 4.78 is 32.8. The highest BCUT2D eigenvalue weighted by molar-refractivity contribution is 7.79. The van der Waals surface area contributed by atoms with Crippen LogP contribution >= 0.6 is 0 Å². The first-order valence-corrected chi connectivity index (χ1v) is 7.54. The maximum Gasteiger partial charge on any atom is 0.217 e. The Morgan fingerprint density at radius 2 is 1.52 bits per heavy atom. The number of nitrogens with one attached hydrogen (secondary N) is 2. The monoisotopic (exact) mass is 439 g/mol. The average molecular weight is 439 g/mol. The molecular formula is C11H24IN2O6S-. The van der Waals surface area contributed by atoms with E-state index in [1.807, 2.05) is 27.7 Å². The summed E-state index contributed by atoms with van der Waals surface area (Å²) in [5, 5.41) is 13.6. The highest BCUT2D eigenvalue weighted by atomic mass is 127. The van der Waals surface area contributed by atoms with Gasteiger partial charge in [0, 0.05) is 25.8 Å². The van der Waals surface area contributed by atoms with Crippen LogP contribution in [0.2, 0.25) is 0 Å². The van der Waals surface area contributed by atoms with Gasteiger partial charge in [-0.15, -0.1) is 0 Å². The molecule has 1 amide bonds. The fraction of sp³-hybridized carbons (Fsp3) is 0.909. The van der Waals surface area contributed by atoms with Crippen LogP contribution in [-0.4, -0.2) is 45.8 Å². The minimum absolute atomic E-state index is 0. The van der Waals surface area contributed by atoms with Gasteiger partial charge < -0.3 is 33.8 Å². The fourth-order valence-electron chi connectivity index (χ4n) is 2.80. The van der Waals surface area contributed by atoms with Gasteiger partial charge in [-0.1, -0.05) is 0 Å². The largest absolute Gasteiger partial charge is 1.00 e. The van der Waals surface area contributed by atoms with Gasteiger partial charge in [0.1, 0.15) is 11.1 Å². The van der Waals surface area contributed by atoms with Crippen molar-refractivity contribution in [3.05, 3.63) is 0 Å². The van der Waals surface area contributed by atoms with E-state index in [1.165, 1.54) is 6.92 Å². The molecule has 1 aliphatic heterocycles. The molecule has 0 aromatic carbocycles. The molecule has 0 aromatic heterocycles. The van der Waals surface area contributed by atoms with Crippen LogP contribution in [0, 0.1) is 0 Å². The molecule has 10 heteroatoms. The smallest absolute Gasteiger partial charge is 0.217 e. The standard InChI is InChI=1S/C11H22N2O2.HI.H2O4S/c1-8(14)12-9-6-10(2,3)13(15)11(4,5)7-9;;1-5(2,3)4/h9,15H,6-7H2,1-5H3,(H,12,14);1H;(H2,1,2,3,4)/p-1. The molecule has 0 aromatic rings. The Morgan fingerprint density at radius 1 is 1.24 bits per heavy atom. The van der Waals surface area contributed by atoms with Crippen LogP contribution in [-0.2, 0) is 15.2 Å². The lowest BCUT2D eigenvalue weighted by molar-refractivity contribution is -1.16. The van der Waals surface area contributed by atoms with E-state index in [4.69, 9.17) is 17.5 Å². The van der Waals surface area contributed by atoms with Crippen molar-refractivity contribution in [3.63, 3.8) is 0 Å². The molecule has 0 atom stereocenters. The number of amides is 1. The van der Waals surface area contributed by atoms with Crippen molar-refractivity contribution in [1.29, 1.82) is 0 Å². The quantitative estimate of drug-likeness (QED) is 0.188. The summed E-state index contributed by atoms with van der Waals surface area (Å²) >= 11 is 0. The van der Waals surface area contributed by atoms with Crippen LogP contribution in [0.4, 0.5) is 0 Å². The number of quaternary nitrogens is 1. The number of hydroxylamine groups is 2. The van der Waals surface area contributed by atoms with E-state index in [2.05, 4.69) is 5.32 Å². The van der Waals surface area contributed by atoms with E-state index in [1.54, 1.807) is 0 Å². The van der Waals surface area contributed by atoms with Crippen LogP contribution < -0.4 is 34.4 Å². The third-order valence-corrected chi connectivity index (χ3v) is 3.20. The Labute approximate surface area is 142 Å². The molecule has 0 saturated carbocycles. The normalized spacial score (nSPS) is 26.7. The molecule has 0 radical (unpaired) electrons. The number of piperidine rings is 1. The minimum atomic E-state index is -4.92. The Hall–Kier alpha value is -0.0100. The van der Waals surface area contributed by atoms with Crippen molar-refractivity contribution in [2.75, 3.05) is 0 Å². The van der Waals surface area contributed by atoms with Gasteiger partial charge in [-0.25, -0.2) is 13.6 Å². The summed E-state index contributed by atoms with van der Waals surface area (Å²) in [5.74, 6) is 0.00740. The van der Waals surface area contributed by atoms with Crippen molar-refractivity contribution in [1.82, 2.24) is 5.32 Å². The highest BCUT2D eigenvalue weighted by Crippen LogP contribution is 2.23. The number of halogens is 1. The van der Waals surface area contributed by atoms with Gasteiger partial charge in [0.2, 0.25) is 16.3 Å². The zero-order valence-corrected chi connectivity index (χ0v) is 15.8. The summed E-state index contributed by atoms with van der Waals surface area (Å²) in [7, 11) is -4.92. The third kappa shape index (κ3) is 9.58. The molecule has 0 unspecified atom stereocenters. The van der Waals surface area contributed by atoms with E-state index in [9.17, 15) is 10.0 Å². The fourth-order valence-corrected chi connectivity index (χ4v) is 2.80. The minimum Gasteiger partial charge on any atom is -1.00 e. The molecule has 0 spiro atoms. The molecule has 1 saturated heterocycles. The number of rotatable bonds is 1. The Kier molecular flexibility index (Phi) is 8.88. The van der Waals surface area contributed by atoms with Gasteiger partial charge in [-0.3, -0.25) is 9.35 Å². The molecule has 0 bridgehead atoms. The summed E-state index contributed by atoms with van der Waals surface area (Å²) in [6.07, 6.45) is 1.61. The molecule has 0 aliphatic carbocycles. The van der Waals surface area contributed by atoms with Gasteiger partial charge >= 0.3 is 0 Å². The van der Waals surface area contributed by atoms with Crippen molar-refractivity contribution < 1.29 is 56.6 Å². The molecule has 1 aliphatic rings. The molecule has 1 fully saturated rings. The van der Waals surface area contributed by atoms with Crippen LogP contribution in [0.25, 0.3) is 0 Å². The van der Waals surface area contributed by atoms with Crippen molar-refractivity contribution >= 4 is 16.3 Å². The topological polar surface area (TPSA) is 131 Å². The lowest BCUT2D eigenvalue weighted by Gasteiger charge is -2.47. The van der Waals surface area contributed by atoms with Crippen LogP contribution in [0.1, 0.15) is 47.5 Å². The Bertz CT molecular complexity index is 426. The number of hydrogen-bond donors (Lipinski definition) is 4. The second-order valence-corrected chi connectivity index (χ2v) is 7.21. The molecule has 1 heterocycles. The van der Waals surface area contributed by atoms with Crippen molar-refractivity contribution in [3.8, 4) is 0 Å². The predicted molar refractivity (Wildman–Crippen MR) is 70.1 cm³/mol. The second-order valence-electron chi connectivity index (χ2n) is 6.35. The van der Waals surface area contributed by atoms with Gasteiger partial charge in [-0.05, 0) is 27.7 Å². The number of carbonyl (C=O) groups excluding carboxylic acids is 1. The summed E-state index contributed by atoms with van der Waals surface area (Å²) in [4.78, 5) is 11.0. The lowest BCUT2D eigenvalue weighted by Crippen LogP contribution is -3.25. The molecule has 21 heavy (non-hydrogen) atoms. The maximum atomic E-state index is 11.0.